The van der Waals surface area contributed by atoms with Crippen LogP contribution in [0.25, 0.3) is 0 Å². The summed E-state index contributed by atoms with van der Waals surface area (Å²) in [4.78, 5) is 0.315. The van der Waals surface area contributed by atoms with E-state index >= 15 is 0 Å². The minimum absolute atomic E-state index is 0.182. The number of aromatic nitrogens is 1. The Labute approximate surface area is 122 Å². The highest BCUT2D eigenvalue weighted by Gasteiger charge is 2.33. The Morgan fingerprint density at radius 3 is 2.30 bits per heavy atom. The second-order valence-electron chi connectivity index (χ2n) is 6.01. The second-order valence-corrected chi connectivity index (χ2v) is 7.98. The number of sulfonamides is 1. The van der Waals surface area contributed by atoms with Crippen molar-refractivity contribution in [1.82, 2.24) is 8.87 Å². The van der Waals surface area contributed by atoms with Crippen molar-refractivity contribution in [2.24, 2.45) is 5.73 Å². The van der Waals surface area contributed by atoms with Crippen LogP contribution in [0.1, 0.15) is 52.8 Å². The summed E-state index contributed by atoms with van der Waals surface area (Å²) in [6, 6.07) is 1.86. The van der Waals surface area contributed by atoms with Crippen LogP contribution in [0.5, 0.6) is 0 Å². The molecule has 0 spiro atoms. The molecule has 0 fully saturated rings. The van der Waals surface area contributed by atoms with E-state index in [0.717, 1.165) is 12.1 Å². The van der Waals surface area contributed by atoms with Crippen molar-refractivity contribution in [3.63, 3.8) is 0 Å². The molecule has 1 aromatic heterocycles. The van der Waals surface area contributed by atoms with Crippen molar-refractivity contribution in [2.45, 2.75) is 64.1 Å². The van der Waals surface area contributed by atoms with E-state index in [-0.39, 0.29) is 6.04 Å². The van der Waals surface area contributed by atoms with Gasteiger partial charge in [-0.25, -0.2) is 8.42 Å². The van der Waals surface area contributed by atoms with Crippen LogP contribution in [0, 0.1) is 0 Å². The molecule has 1 aromatic rings. The Hall–Kier alpha value is -0.850. The van der Waals surface area contributed by atoms with Gasteiger partial charge in [0, 0.05) is 37.1 Å². The fourth-order valence-electron chi connectivity index (χ4n) is 1.99. The van der Waals surface area contributed by atoms with Crippen LogP contribution in [0.2, 0.25) is 0 Å². The van der Waals surface area contributed by atoms with Crippen LogP contribution in [0.4, 0.5) is 0 Å². The molecule has 0 amide bonds. The van der Waals surface area contributed by atoms with Crippen molar-refractivity contribution in [3.8, 4) is 0 Å². The lowest BCUT2D eigenvalue weighted by Crippen LogP contribution is -2.44. The summed E-state index contributed by atoms with van der Waals surface area (Å²) in [6.07, 6.45) is 2.43. The van der Waals surface area contributed by atoms with Crippen molar-refractivity contribution in [1.29, 1.82) is 0 Å². The maximum Gasteiger partial charge on any atom is 0.244 e. The van der Waals surface area contributed by atoms with Gasteiger partial charge in [0.25, 0.3) is 0 Å². The summed E-state index contributed by atoms with van der Waals surface area (Å²) in [7, 11) is -1.86. The van der Waals surface area contributed by atoms with Gasteiger partial charge >= 0.3 is 0 Å². The van der Waals surface area contributed by atoms with Crippen LogP contribution in [0.15, 0.2) is 17.2 Å². The summed E-state index contributed by atoms with van der Waals surface area (Å²) in [5.74, 6) is 0. The van der Waals surface area contributed by atoms with Gasteiger partial charge in [0.2, 0.25) is 10.0 Å². The monoisotopic (exact) mass is 301 g/mol. The van der Waals surface area contributed by atoms with Gasteiger partial charge in [-0.1, -0.05) is 6.92 Å². The summed E-state index contributed by atoms with van der Waals surface area (Å²) in [5, 5.41) is 0. The fourth-order valence-corrected chi connectivity index (χ4v) is 3.62. The molecule has 6 heteroatoms. The molecule has 0 atom stereocenters. The molecule has 1 heterocycles. The average molecular weight is 301 g/mol. The topological polar surface area (TPSA) is 68.3 Å². The summed E-state index contributed by atoms with van der Waals surface area (Å²) in [6.45, 7) is 10.2. The van der Waals surface area contributed by atoms with Gasteiger partial charge in [0.15, 0.2) is 0 Å². The number of hydrogen-bond donors (Lipinski definition) is 1. The molecule has 0 saturated heterocycles. The molecule has 0 bridgehead atoms. The van der Waals surface area contributed by atoms with Crippen LogP contribution in [0.3, 0.4) is 0 Å². The quantitative estimate of drug-likeness (QED) is 0.877. The molecule has 1 rings (SSSR count). The Morgan fingerprint density at radius 1 is 1.40 bits per heavy atom. The van der Waals surface area contributed by atoms with Gasteiger partial charge in [0.1, 0.15) is 4.90 Å². The summed E-state index contributed by atoms with van der Waals surface area (Å²) in [5.41, 5.74) is 6.12. The first-order chi connectivity index (χ1) is 9.07. The largest absolute Gasteiger partial charge is 0.346 e. The van der Waals surface area contributed by atoms with Gasteiger partial charge in [-0.2, -0.15) is 4.31 Å². The van der Waals surface area contributed by atoms with Crippen LogP contribution >= 0.6 is 0 Å². The Balaban J connectivity index is 3.30. The highest BCUT2D eigenvalue weighted by atomic mass is 32.2. The van der Waals surface area contributed by atoms with E-state index in [9.17, 15) is 8.42 Å². The average Bonchev–Trinajstić information content (AvgIpc) is 2.82. The van der Waals surface area contributed by atoms with Crippen molar-refractivity contribution < 1.29 is 8.42 Å². The number of nitrogens with zero attached hydrogens (tertiary/aromatic N) is 2. The molecule has 0 aliphatic rings. The molecule has 0 unspecified atom stereocenters. The lowest BCUT2D eigenvalue weighted by Gasteiger charge is -2.33. The summed E-state index contributed by atoms with van der Waals surface area (Å²) < 4.78 is 28.8. The SMILES string of the molecule is CCC(C)(C)N(C)S(=O)(=O)c1cc(CN)n(C(C)C)c1. The van der Waals surface area contributed by atoms with Gasteiger partial charge in [-0.15, -0.1) is 0 Å². The molecule has 0 aliphatic carbocycles. The minimum atomic E-state index is -3.50. The molecule has 20 heavy (non-hydrogen) atoms. The van der Waals surface area contributed by atoms with E-state index in [0.29, 0.717) is 11.4 Å². The second kappa shape index (κ2) is 5.87. The molecule has 0 saturated carbocycles. The highest BCUT2D eigenvalue weighted by molar-refractivity contribution is 7.89. The number of hydrogen-bond acceptors (Lipinski definition) is 3. The Morgan fingerprint density at radius 2 is 1.95 bits per heavy atom. The zero-order chi connectivity index (χ0) is 15.7. The normalized spacial score (nSPS) is 13.4. The molecule has 0 radical (unpaired) electrons. The minimum Gasteiger partial charge on any atom is -0.346 e. The van der Waals surface area contributed by atoms with Crippen LogP contribution in [-0.4, -0.2) is 29.9 Å². The van der Waals surface area contributed by atoms with Gasteiger partial charge in [-0.3, -0.25) is 0 Å². The standard InChI is InChI=1S/C14H27N3O2S/c1-7-14(4,5)16(6)20(18,19)13-8-12(9-15)17(10-13)11(2)3/h8,10-11H,7,9,15H2,1-6H3. The lowest BCUT2D eigenvalue weighted by atomic mass is 10.0. The Kier molecular flexibility index (Phi) is 5.05. The van der Waals surface area contributed by atoms with Crippen LogP contribution < -0.4 is 5.73 Å². The first-order valence-corrected chi connectivity index (χ1v) is 8.41. The predicted octanol–water partition coefficient (Wildman–Crippen LogP) is 2.34. The first-order valence-electron chi connectivity index (χ1n) is 6.97. The summed E-state index contributed by atoms with van der Waals surface area (Å²) >= 11 is 0. The van der Waals surface area contributed by atoms with Crippen LogP contribution in [-0.2, 0) is 16.6 Å². The highest BCUT2D eigenvalue weighted by Crippen LogP contribution is 2.27. The third-order valence-electron chi connectivity index (χ3n) is 4.05. The molecular weight excluding hydrogens is 274 g/mol. The first kappa shape index (κ1) is 17.2. The number of rotatable bonds is 6. The molecule has 2 N–H and O–H groups in total. The van der Waals surface area contributed by atoms with E-state index in [1.54, 1.807) is 19.3 Å². The van der Waals surface area contributed by atoms with E-state index in [4.69, 9.17) is 5.73 Å². The Bertz CT molecular complexity index is 559. The molecular formula is C14H27N3O2S. The third-order valence-corrected chi connectivity index (χ3v) is 6.08. The van der Waals surface area contributed by atoms with Gasteiger partial charge in [-0.05, 0) is 40.2 Å². The molecule has 0 aliphatic heterocycles. The maximum atomic E-state index is 12.7. The van der Waals surface area contributed by atoms with Crippen molar-refractivity contribution >= 4 is 10.0 Å². The van der Waals surface area contributed by atoms with E-state index < -0.39 is 15.6 Å². The van der Waals surface area contributed by atoms with Crippen molar-refractivity contribution in [3.05, 3.63) is 18.0 Å². The molecule has 5 nitrogen and oxygen atoms in total. The predicted molar refractivity (Wildman–Crippen MR) is 82.0 cm³/mol. The zero-order valence-electron chi connectivity index (χ0n) is 13.3. The molecule has 0 aromatic carbocycles. The molecule has 116 valence electrons. The lowest BCUT2D eigenvalue weighted by molar-refractivity contribution is 0.257. The van der Waals surface area contributed by atoms with Gasteiger partial charge in [0.05, 0.1) is 0 Å². The van der Waals surface area contributed by atoms with E-state index in [1.165, 1.54) is 4.31 Å². The number of nitrogens with two attached hydrogens (primary N) is 1. The van der Waals surface area contributed by atoms with Crippen molar-refractivity contribution in [2.75, 3.05) is 7.05 Å². The zero-order valence-corrected chi connectivity index (χ0v) is 14.2. The third kappa shape index (κ3) is 3.07. The maximum absolute atomic E-state index is 12.7. The van der Waals surface area contributed by atoms with E-state index in [1.807, 2.05) is 39.2 Å². The van der Waals surface area contributed by atoms with E-state index in [2.05, 4.69) is 0 Å². The smallest absolute Gasteiger partial charge is 0.244 e. The fraction of sp³-hybridized carbons (Fsp3) is 0.714. The van der Waals surface area contributed by atoms with Gasteiger partial charge < -0.3 is 10.3 Å².